The Kier molecular flexibility index (Phi) is 4.76. The monoisotopic (exact) mass is 416 g/mol. The van der Waals surface area contributed by atoms with E-state index in [4.69, 9.17) is 4.74 Å². The number of benzene rings is 2. The van der Waals surface area contributed by atoms with Gasteiger partial charge in [0.15, 0.2) is 34.6 Å². The number of amides is 1. The number of hydrogen-bond acceptors (Lipinski definition) is 4. The summed E-state index contributed by atoms with van der Waals surface area (Å²) in [5.74, 6) is -3.35. The number of aromatic nitrogens is 3. The minimum absolute atomic E-state index is 0.152. The average Bonchev–Trinajstić information content (AvgIpc) is 3.28. The van der Waals surface area contributed by atoms with Crippen molar-refractivity contribution in [2.75, 3.05) is 0 Å². The van der Waals surface area contributed by atoms with Crippen LogP contribution in [0.2, 0.25) is 0 Å². The number of halogens is 3. The van der Waals surface area contributed by atoms with Crippen LogP contribution in [0.3, 0.4) is 0 Å². The molecule has 6 nitrogen and oxygen atoms in total. The van der Waals surface area contributed by atoms with Crippen LogP contribution in [0.15, 0.2) is 30.3 Å². The van der Waals surface area contributed by atoms with Gasteiger partial charge in [0.05, 0.1) is 0 Å². The fraction of sp³-hybridized carbons (Fsp3) is 0.286. The Bertz CT molecular complexity index is 1130. The number of hydrogen-bond donors (Lipinski definition) is 1. The van der Waals surface area contributed by atoms with E-state index in [1.54, 1.807) is 24.5 Å². The lowest BCUT2D eigenvalue weighted by molar-refractivity contribution is 0.0824. The Morgan fingerprint density at radius 1 is 1.13 bits per heavy atom. The SMILES string of the molecule is CCn1c(-c2ccc3c(c2)C(=O)NC3)nnc1C(C)(C)Oc1c(F)cc(F)cc1F. The minimum Gasteiger partial charge on any atom is -0.474 e. The van der Waals surface area contributed by atoms with Crippen LogP contribution in [0.5, 0.6) is 5.75 Å². The smallest absolute Gasteiger partial charge is 0.251 e. The van der Waals surface area contributed by atoms with Gasteiger partial charge in [-0.1, -0.05) is 12.1 Å². The molecule has 1 N–H and O–H groups in total. The van der Waals surface area contributed by atoms with Crippen LogP contribution in [0.1, 0.15) is 42.5 Å². The molecule has 2 aromatic carbocycles. The first-order valence-corrected chi connectivity index (χ1v) is 9.40. The van der Waals surface area contributed by atoms with Crippen molar-refractivity contribution >= 4 is 5.91 Å². The Hall–Kier alpha value is -3.36. The van der Waals surface area contributed by atoms with E-state index in [0.29, 0.717) is 48.0 Å². The van der Waals surface area contributed by atoms with Gasteiger partial charge in [-0.25, -0.2) is 13.2 Å². The molecule has 1 amide bonds. The van der Waals surface area contributed by atoms with E-state index in [9.17, 15) is 18.0 Å². The van der Waals surface area contributed by atoms with Gasteiger partial charge in [0.2, 0.25) is 0 Å². The summed E-state index contributed by atoms with van der Waals surface area (Å²) < 4.78 is 48.7. The molecule has 2 heterocycles. The van der Waals surface area contributed by atoms with Gasteiger partial charge in [0, 0.05) is 36.3 Å². The molecule has 3 aromatic rings. The highest BCUT2D eigenvalue weighted by molar-refractivity contribution is 5.99. The lowest BCUT2D eigenvalue weighted by Crippen LogP contribution is -2.30. The van der Waals surface area contributed by atoms with Crippen molar-refractivity contribution in [1.29, 1.82) is 0 Å². The molecule has 0 aliphatic carbocycles. The van der Waals surface area contributed by atoms with Gasteiger partial charge in [-0.3, -0.25) is 4.79 Å². The molecule has 30 heavy (non-hydrogen) atoms. The summed E-state index contributed by atoms with van der Waals surface area (Å²) >= 11 is 0. The van der Waals surface area contributed by atoms with Crippen LogP contribution < -0.4 is 10.1 Å². The molecule has 0 atom stereocenters. The maximum atomic E-state index is 14.1. The highest BCUT2D eigenvalue weighted by atomic mass is 19.1. The summed E-state index contributed by atoms with van der Waals surface area (Å²) in [6.45, 7) is 5.97. The van der Waals surface area contributed by atoms with Crippen LogP contribution in [0.25, 0.3) is 11.4 Å². The third-order valence-corrected chi connectivity index (χ3v) is 4.98. The molecule has 9 heteroatoms. The maximum Gasteiger partial charge on any atom is 0.251 e. The molecule has 1 aliphatic rings. The van der Waals surface area contributed by atoms with Gasteiger partial charge < -0.3 is 14.6 Å². The van der Waals surface area contributed by atoms with Crippen molar-refractivity contribution in [3.05, 3.63) is 64.7 Å². The van der Waals surface area contributed by atoms with E-state index < -0.39 is 28.8 Å². The predicted octanol–water partition coefficient (Wildman–Crippen LogP) is 3.94. The summed E-state index contributed by atoms with van der Waals surface area (Å²) in [5.41, 5.74) is 0.874. The second-order valence-electron chi connectivity index (χ2n) is 7.46. The van der Waals surface area contributed by atoms with Crippen LogP contribution >= 0.6 is 0 Å². The van der Waals surface area contributed by atoms with Crippen molar-refractivity contribution in [2.24, 2.45) is 0 Å². The maximum absolute atomic E-state index is 14.1. The van der Waals surface area contributed by atoms with Crippen molar-refractivity contribution in [3.8, 4) is 17.1 Å². The van der Waals surface area contributed by atoms with E-state index in [-0.39, 0.29) is 5.91 Å². The van der Waals surface area contributed by atoms with Crippen LogP contribution in [-0.2, 0) is 18.7 Å². The first-order chi connectivity index (χ1) is 14.2. The zero-order valence-electron chi connectivity index (χ0n) is 16.6. The molecule has 0 bridgehead atoms. The van der Waals surface area contributed by atoms with E-state index in [1.807, 2.05) is 19.1 Å². The highest BCUT2D eigenvalue weighted by Crippen LogP contribution is 2.33. The Morgan fingerprint density at radius 2 is 1.83 bits per heavy atom. The lowest BCUT2D eigenvalue weighted by atomic mass is 10.0. The Balaban J connectivity index is 1.73. The fourth-order valence-electron chi connectivity index (χ4n) is 3.54. The van der Waals surface area contributed by atoms with Gasteiger partial charge in [-0.15, -0.1) is 10.2 Å². The molecule has 0 saturated heterocycles. The molecule has 1 aliphatic heterocycles. The van der Waals surface area contributed by atoms with Crippen LogP contribution in [-0.4, -0.2) is 20.7 Å². The molecular formula is C21H19F3N4O2. The average molecular weight is 416 g/mol. The third-order valence-electron chi connectivity index (χ3n) is 4.98. The molecule has 0 unspecified atom stereocenters. The standard InChI is InChI=1S/C21H19F3N4O2/c1-4-28-18(11-5-6-12-10-25-19(29)14(12)7-11)26-27-20(28)21(2,3)30-17-15(23)8-13(22)9-16(17)24/h5-9H,4,10H2,1-3H3,(H,25,29). The largest absolute Gasteiger partial charge is 0.474 e. The third kappa shape index (κ3) is 3.30. The first kappa shape index (κ1) is 19.9. The number of carbonyl (C=O) groups is 1. The van der Waals surface area contributed by atoms with Crippen molar-refractivity contribution in [2.45, 2.75) is 39.5 Å². The van der Waals surface area contributed by atoms with E-state index >= 15 is 0 Å². The number of nitrogens with zero attached hydrogens (tertiary/aromatic N) is 3. The lowest BCUT2D eigenvalue weighted by Gasteiger charge is -2.26. The zero-order valence-corrected chi connectivity index (χ0v) is 16.6. The Morgan fingerprint density at radius 3 is 2.50 bits per heavy atom. The molecule has 0 fully saturated rings. The first-order valence-electron chi connectivity index (χ1n) is 9.40. The number of carbonyl (C=O) groups excluding carboxylic acids is 1. The summed E-state index contributed by atoms with van der Waals surface area (Å²) in [4.78, 5) is 12.0. The molecule has 0 spiro atoms. The Labute approximate surface area is 170 Å². The topological polar surface area (TPSA) is 69.0 Å². The molecule has 156 valence electrons. The van der Waals surface area contributed by atoms with Gasteiger partial charge in [0.25, 0.3) is 5.91 Å². The quantitative estimate of drug-likeness (QED) is 0.684. The normalized spacial score (nSPS) is 13.3. The fourth-order valence-corrected chi connectivity index (χ4v) is 3.54. The number of ether oxygens (including phenoxy) is 1. The number of fused-ring (bicyclic) bond motifs is 1. The van der Waals surface area contributed by atoms with E-state index in [0.717, 1.165) is 5.56 Å². The van der Waals surface area contributed by atoms with Gasteiger partial charge in [0.1, 0.15) is 5.82 Å². The molecule has 4 rings (SSSR count). The summed E-state index contributed by atoms with van der Waals surface area (Å²) in [6, 6.07) is 6.54. The number of rotatable bonds is 5. The van der Waals surface area contributed by atoms with E-state index in [2.05, 4.69) is 15.5 Å². The van der Waals surface area contributed by atoms with Crippen molar-refractivity contribution in [1.82, 2.24) is 20.1 Å². The van der Waals surface area contributed by atoms with Crippen molar-refractivity contribution in [3.63, 3.8) is 0 Å². The molecule has 1 aromatic heterocycles. The summed E-state index contributed by atoms with van der Waals surface area (Å²) in [6.07, 6.45) is 0. The zero-order chi connectivity index (χ0) is 21.6. The second-order valence-corrected chi connectivity index (χ2v) is 7.46. The van der Waals surface area contributed by atoms with Crippen LogP contribution in [0.4, 0.5) is 13.2 Å². The second kappa shape index (κ2) is 7.16. The van der Waals surface area contributed by atoms with Crippen LogP contribution in [0, 0.1) is 17.5 Å². The van der Waals surface area contributed by atoms with E-state index in [1.165, 1.54) is 0 Å². The summed E-state index contributed by atoms with van der Waals surface area (Å²) in [5, 5.41) is 11.2. The minimum atomic E-state index is -1.28. The summed E-state index contributed by atoms with van der Waals surface area (Å²) in [7, 11) is 0. The van der Waals surface area contributed by atoms with Gasteiger partial charge in [-0.2, -0.15) is 0 Å². The van der Waals surface area contributed by atoms with Gasteiger partial charge in [-0.05, 0) is 32.4 Å². The van der Waals surface area contributed by atoms with Gasteiger partial charge >= 0.3 is 0 Å². The molecule has 0 saturated carbocycles. The molecular weight excluding hydrogens is 397 g/mol. The molecule has 0 radical (unpaired) electrons. The predicted molar refractivity (Wildman–Crippen MR) is 102 cm³/mol. The number of nitrogens with one attached hydrogen (secondary N) is 1. The highest BCUT2D eigenvalue weighted by Gasteiger charge is 2.33. The van der Waals surface area contributed by atoms with Crippen molar-refractivity contribution < 1.29 is 22.7 Å².